The van der Waals surface area contributed by atoms with Gasteiger partial charge in [-0.05, 0) is 69.1 Å². The maximum Gasteiger partial charge on any atom is 0.229 e. The van der Waals surface area contributed by atoms with Gasteiger partial charge in [-0.2, -0.15) is 10.2 Å². The first-order valence-electron chi connectivity index (χ1n) is 12.2. The molecular formula is C26H29N7O. The minimum atomic E-state index is -0.965. The largest absolute Gasteiger partial charge is 0.369 e. The lowest BCUT2D eigenvalue weighted by Crippen LogP contribution is -2.45. The van der Waals surface area contributed by atoms with Crippen molar-refractivity contribution in [2.75, 3.05) is 23.3 Å². The summed E-state index contributed by atoms with van der Waals surface area (Å²) in [5.41, 5.74) is 4.47. The third-order valence-electron chi connectivity index (χ3n) is 7.42. The normalized spacial score (nSPS) is 21.4. The number of nitrogens with one attached hydrogen (secondary N) is 3. The third kappa shape index (κ3) is 3.81. The van der Waals surface area contributed by atoms with Crippen LogP contribution in [0.15, 0.2) is 36.0 Å². The average molecular weight is 456 g/mol. The molecule has 0 radical (unpaired) electrons. The van der Waals surface area contributed by atoms with Gasteiger partial charge in [-0.3, -0.25) is 0 Å². The van der Waals surface area contributed by atoms with E-state index in [1.54, 1.807) is 12.3 Å². The molecule has 1 saturated carbocycles. The molecule has 0 amide bonds. The molecule has 8 nitrogen and oxygen atoms in total. The molecule has 4 N–H and O–H groups in total. The molecule has 6 rings (SSSR count). The van der Waals surface area contributed by atoms with Gasteiger partial charge >= 0.3 is 0 Å². The molecule has 0 bridgehead atoms. The Morgan fingerprint density at radius 1 is 1.12 bits per heavy atom. The van der Waals surface area contributed by atoms with E-state index in [1.807, 2.05) is 11.0 Å². The van der Waals surface area contributed by atoms with Crippen LogP contribution in [0.5, 0.6) is 0 Å². The van der Waals surface area contributed by atoms with Crippen LogP contribution in [0.1, 0.15) is 55.7 Å². The quantitative estimate of drug-likeness (QED) is 0.467. The zero-order chi connectivity index (χ0) is 23.1. The number of aromatic nitrogens is 3. The van der Waals surface area contributed by atoms with Crippen molar-refractivity contribution in [1.29, 1.82) is 5.26 Å². The minimum absolute atomic E-state index is 0.179. The Balaban J connectivity index is 1.29. The second kappa shape index (κ2) is 8.75. The molecule has 2 aromatic heterocycles. The second-order valence-electron chi connectivity index (χ2n) is 9.58. The number of benzene rings is 1. The summed E-state index contributed by atoms with van der Waals surface area (Å²) in [6.07, 6.45) is 9.02. The van der Waals surface area contributed by atoms with Gasteiger partial charge in [0.2, 0.25) is 5.95 Å². The molecule has 34 heavy (non-hydrogen) atoms. The Bertz CT molecular complexity index is 1280. The van der Waals surface area contributed by atoms with E-state index in [2.05, 4.69) is 44.9 Å². The lowest BCUT2D eigenvalue weighted by atomic mass is 9.95. The fourth-order valence-corrected chi connectivity index (χ4v) is 5.62. The lowest BCUT2D eigenvalue weighted by Gasteiger charge is -2.37. The van der Waals surface area contributed by atoms with Gasteiger partial charge in [-0.25, -0.2) is 4.98 Å². The SMILES string of the molecule is N#CC1=Cc2cnc(Nc3ccc4[nH]c(C5CCNCC5)cc4c3)nc2N(C2CCCC2)C1O. The standard InChI is InChI=1S/C26H29N7O/c27-14-18-11-19-15-29-26(32-24(19)33(25(18)34)21-3-1-2-4-21)30-20-5-6-22-17(12-20)13-23(31-22)16-7-9-28-10-8-16/h5-6,11-13,15-16,21,25,28,31,34H,1-4,7-10H2,(H,29,30,32). The number of aromatic amines is 1. The summed E-state index contributed by atoms with van der Waals surface area (Å²) in [4.78, 5) is 14.8. The topological polar surface area (TPSA) is 113 Å². The Hall–Kier alpha value is -3.41. The van der Waals surface area contributed by atoms with Crippen molar-refractivity contribution in [3.63, 3.8) is 0 Å². The summed E-state index contributed by atoms with van der Waals surface area (Å²) in [6, 6.07) is 10.8. The maximum absolute atomic E-state index is 10.9. The number of aliphatic hydroxyl groups is 1. The van der Waals surface area contributed by atoms with E-state index in [1.165, 1.54) is 11.1 Å². The summed E-state index contributed by atoms with van der Waals surface area (Å²) in [5, 5.41) is 28.3. The highest BCUT2D eigenvalue weighted by molar-refractivity contribution is 5.85. The first kappa shape index (κ1) is 21.1. The highest BCUT2D eigenvalue weighted by Crippen LogP contribution is 2.37. The fraction of sp³-hybridized carbons (Fsp3) is 0.423. The van der Waals surface area contributed by atoms with Gasteiger partial charge in [0, 0.05) is 46.0 Å². The summed E-state index contributed by atoms with van der Waals surface area (Å²) < 4.78 is 0. The van der Waals surface area contributed by atoms with Gasteiger partial charge in [-0.15, -0.1) is 0 Å². The summed E-state index contributed by atoms with van der Waals surface area (Å²) >= 11 is 0. The smallest absolute Gasteiger partial charge is 0.229 e. The van der Waals surface area contributed by atoms with Crippen molar-refractivity contribution in [1.82, 2.24) is 20.3 Å². The first-order valence-corrected chi connectivity index (χ1v) is 12.2. The molecule has 174 valence electrons. The van der Waals surface area contributed by atoms with Crippen LogP contribution in [0.2, 0.25) is 0 Å². The van der Waals surface area contributed by atoms with Crippen molar-refractivity contribution in [2.24, 2.45) is 0 Å². The third-order valence-corrected chi connectivity index (χ3v) is 7.42. The first-order chi connectivity index (χ1) is 16.7. The molecule has 2 fully saturated rings. The van der Waals surface area contributed by atoms with Crippen molar-refractivity contribution in [3.05, 3.63) is 47.3 Å². The molecule has 8 heteroatoms. The number of hydrogen-bond acceptors (Lipinski definition) is 7. The van der Waals surface area contributed by atoms with Crippen LogP contribution in [0, 0.1) is 11.3 Å². The molecule has 1 aliphatic carbocycles. The van der Waals surface area contributed by atoms with Crippen LogP contribution in [0.3, 0.4) is 0 Å². The highest BCUT2D eigenvalue weighted by atomic mass is 16.3. The number of anilines is 3. The molecule has 4 heterocycles. The molecule has 1 saturated heterocycles. The average Bonchev–Trinajstić information content (AvgIpc) is 3.54. The van der Waals surface area contributed by atoms with Crippen molar-refractivity contribution in [2.45, 2.75) is 56.7 Å². The van der Waals surface area contributed by atoms with E-state index in [4.69, 9.17) is 4.98 Å². The number of H-pyrrole nitrogens is 1. The maximum atomic E-state index is 10.9. The molecule has 1 atom stereocenters. The van der Waals surface area contributed by atoms with Crippen molar-refractivity contribution >= 4 is 34.4 Å². The van der Waals surface area contributed by atoms with Crippen LogP contribution in [-0.4, -0.2) is 45.4 Å². The summed E-state index contributed by atoms with van der Waals surface area (Å²) in [6.45, 7) is 2.14. The van der Waals surface area contributed by atoms with Gasteiger partial charge in [0.15, 0.2) is 6.23 Å². The number of nitrogens with zero attached hydrogens (tertiary/aromatic N) is 4. The van der Waals surface area contributed by atoms with Crippen LogP contribution in [0.4, 0.5) is 17.5 Å². The predicted octanol–water partition coefficient (Wildman–Crippen LogP) is 4.16. The highest BCUT2D eigenvalue weighted by Gasteiger charge is 2.35. The Morgan fingerprint density at radius 3 is 2.74 bits per heavy atom. The van der Waals surface area contributed by atoms with Gasteiger partial charge in [0.25, 0.3) is 0 Å². The zero-order valence-corrected chi connectivity index (χ0v) is 19.1. The molecule has 1 aromatic carbocycles. The number of piperidine rings is 1. The van der Waals surface area contributed by atoms with Crippen LogP contribution in [-0.2, 0) is 0 Å². The van der Waals surface area contributed by atoms with Gasteiger partial charge in [-0.1, -0.05) is 12.8 Å². The number of fused-ring (bicyclic) bond motifs is 2. The molecule has 2 aliphatic heterocycles. The summed E-state index contributed by atoms with van der Waals surface area (Å²) in [5.74, 6) is 1.75. The lowest BCUT2D eigenvalue weighted by molar-refractivity contribution is 0.194. The van der Waals surface area contributed by atoms with Gasteiger partial charge < -0.3 is 25.6 Å². The van der Waals surface area contributed by atoms with Gasteiger partial charge in [0.1, 0.15) is 5.82 Å². The zero-order valence-electron chi connectivity index (χ0n) is 19.1. The molecular weight excluding hydrogens is 426 g/mol. The van der Waals surface area contributed by atoms with E-state index in [-0.39, 0.29) is 6.04 Å². The predicted molar refractivity (Wildman–Crippen MR) is 133 cm³/mol. The number of hydrogen-bond donors (Lipinski definition) is 4. The minimum Gasteiger partial charge on any atom is -0.369 e. The van der Waals surface area contributed by atoms with E-state index in [0.717, 1.165) is 68.4 Å². The van der Waals surface area contributed by atoms with Crippen LogP contribution < -0.4 is 15.5 Å². The van der Waals surface area contributed by atoms with Crippen molar-refractivity contribution in [3.8, 4) is 6.07 Å². The molecule has 1 unspecified atom stereocenters. The number of aliphatic hydroxyl groups excluding tert-OH is 1. The summed E-state index contributed by atoms with van der Waals surface area (Å²) in [7, 11) is 0. The van der Waals surface area contributed by atoms with Gasteiger partial charge in [0.05, 0.1) is 11.6 Å². The van der Waals surface area contributed by atoms with Crippen molar-refractivity contribution < 1.29 is 5.11 Å². The monoisotopic (exact) mass is 455 g/mol. The second-order valence-corrected chi connectivity index (χ2v) is 9.58. The fourth-order valence-electron chi connectivity index (χ4n) is 5.62. The molecule has 3 aromatic rings. The number of nitriles is 1. The van der Waals surface area contributed by atoms with E-state index in [9.17, 15) is 10.4 Å². The van der Waals surface area contributed by atoms with E-state index >= 15 is 0 Å². The van der Waals surface area contributed by atoms with Crippen LogP contribution >= 0.6 is 0 Å². The molecule has 0 spiro atoms. The number of rotatable bonds is 4. The Morgan fingerprint density at radius 2 is 1.94 bits per heavy atom. The molecule has 3 aliphatic rings. The Kier molecular flexibility index (Phi) is 5.44. The Labute approximate surface area is 198 Å². The van der Waals surface area contributed by atoms with Crippen LogP contribution in [0.25, 0.3) is 17.0 Å². The van der Waals surface area contributed by atoms with E-state index in [0.29, 0.717) is 23.3 Å². The van der Waals surface area contributed by atoms with E-state index < -0.39 is 6.23 Å².